The Hall–Kier alpha value is -2.31. The Labute approximate surface area is 126 Å². The van der Waals surface area contributed by atoms with Gasteiger partial charge >= 0.3 is 0 Å². The Kier molecular flexibility index (Phi) is 5.36. The van der Waals surface area contributed by atoms with Crippen LogP contribution in [0, 0.1) is 18.3 Å². The lowest BCUT2D eigenvalue weighted by Gasteiger charge is -2.16. The van der Waals surface area contributed by atoms with Gasteiger partial charge in [-0.3, -0.25) is 0 Å². The highest BCUT2D eigenvalue weighted by Gasteiger charge is 2.07. The van der Waals surface area contributed by atoms with Gasteiger partial charge in [-0.15, -0.1) is 0 Å². The standard InChI is InChI=1S/C18H20N2O/c1-14-7-9-16(10-8-14)15(2)20-13-17-5-3-4-6-18(17)21-12-11-19/h3-10,15,20H,12-13H2,1-2H3/t15-/m1/s1. The summed E-state index contributed by atoms with van der Waals surface area (Å²) < 4.78 is 5.44. The molecule has 1 N–H and O–H groups in total. The summed E-state index contributed by atoms with van der Waals surface area (Å²) in [5.41, 5.74) is 3.59. The van der Waals surface area contributed by atoms with E-state index in [9.17, 15) is 0 Å². The van der Waals surface area contributed by atoms with E-state index >= 15 is 0 Å². The van der Waals surface area contributed by atoms with Crippen molar-refractivity contribution in [1.29, 1.82) is 5.26 Å². The van der Waals surface area contributed by atoms with Crippen LogP contribution in [0.1, 0.15) is 29.7 Å². The third-order valence-electron chi connectivity index (χ3n) is 3.44. The molecule has 0 unspecified atom stereocenters. The van der Waals surface area contributed by atoms with Crippen molar-refractivity contribution in [3.63, 3.8) is 0 Å². The highest BCUT2D eigenvalue weighted by Crippen LogP contribution is 2.20. The fraction of sp³-hybridized carbons (Fsp3) is 0.278. The van der Waals surface area contributed by atoms with Gasteiger partial charge in [0.25, 0.3) is 0 Å². The maximum absolute atomic E-state index is 8.62. The summed E-state index contributed by atoms with van der Waals surface area (Å²) in [7, 11) is 0. The molecule has 0 saturated heterocycles. The zero-order valence-electron chi connectivity index (χ0n) is 12.5. The number of benzene rings is 2. The van der Waals surface area contributed by atoms with Gasteiger partial charge in [0.1, 0.15) is 11.8 Å². The van der Waals surface area contributed by atoms with Crippen LogP contribution in [-0.2, 0) is 6.54 Å². The molecule has 0 bridgehead atoms. The average molecular weight is 280 g/mol. The molecule has 0 aromatic heterocycles. The number of nitriles is 1. The molecule has 0 amide bonds. The molecule has 2 aromatic carbocycles. The summed E-state index contributed by atoms with van der Waals surface area (Å²) in [6.07, 6.45) is 0. The first-order chi connectivity index (χ1) is 10.2. The summed E-state index contributed by atoms with van der Waals surface area (Å²) in [6.45, 7) is 5.01. The van der Waals surface area contributed by atoms with E-state index in [1.165, 1.54) is 11.1 Å². The second-order valence-corrected chi connectivity index (χ2v) is 5.07. The van der Waals surface area contributed by atoms with Crippen LogP contribution in [0.2, 0.25) is 0 Å². The number of nitrogens with zero attached hydrogens (tertiary/aromatic N) is 1. The highest BCUT2D eigenvalue weighted by atomic mass is 16.5. The van der Waals surface area contributed by atoms with Crippen molar-refractivity contribution in [2.75, 3.05) is 6.61 Å². The molecule has 108 valence electrons. The normalized spacial score (nSPS) is 11.7. The van der Waals surface area contributed by atoms with Crippen LogP contribution in [0.5, 0.6) is 5.75 Å². The number of para-hydroxylation sites is 1. The minimum Gasteiger partial charge on any atom is -0.478 e. The predicted molar refractivity (Wildman–Crippen MR) is 84.0 cm³/mol. The van der Waals surface area contributed by atoms with Crippen LogP contribution >= 0.6 is 0 Å². The third kappa shape index (κ3) is 4.34. The second kappa shape index (κ2) is 7.47. The number of hydrogen-bond acceptors (Lipinski definition) is 3. The molecule has 0 radical (unpaired) electrons. The van der Waals surface area contributed by atoms with E-state index in [1.807, 2.05) is 30.3 Å². The zero-order valence-corrected chi connectivity index (χ0v) is 12.5. The first-order valence-electron chi connectivity index (χ1n) is 7.08. The van der Waals surface area contributed by atoms with Gasteiger partial charge in [-0.2, -0.15) is 5.26 Å². The van der Waals surface area contributed by atoms with Crippen molar-refractivity contribution >= 4 is 0 Å². The van der Waals surface area contributed by atoms with Crippen molar-refractivity contribution in [3.05, 3.63) is 65.2 Å². The Balaban J connectivity index is 1.99. The van der Waals surface area contributed by atoms with Crippen LogP contribution in [-0.4, -0.2) is 6.61 Å². The van der Waals surface area contributed by atoms with Gasteiger partial charge in [0.05, 0.1) is 0 Å². The van der Waals surface area contributed by atoms with E-state index in [1.54, 1.807) is 0 Å². The van der Waals surface area contributed by atoms with Crippen molar-refractivity contribution in [2.24, 2.45) is 0 Å². The Morgan fingerprint density at radius 3 is 2.57 bits per heavy atom. The molecular weight excluding hydrogens is 260 g/mol. The van der Waals surface area contributed by atoms with Gasteiger partial charge in [0.2, 0.25) is 0 Å². The van der Waals surface area contributed by atoms with Crippen LogP contribution < -0.4 is 10.1 Å². The molecule has 21 heavy (non-hydrogen) atoms. The highest BCUT2D eigenvalue weighted by molar-refractivity contribution is 5.33. The Bertz CT molecular complexity index is 614. The van der Waals surface area contributed by atoms with Gasteiger partial charge < -0.3 is 10.1 Å². The van der Waals surface area contributed by atoms with E-state index in [0.29, 0.717) is 6.54 Å². The van der Waals surface area contributed by atoms with Gasteiger partial charge in [0, 0.05) is 18.2 Å². The maximum Gasteiger partial charge on any atom is 0.174 e. The smallest absolute Gasteiger partial charge is 0.174 e. The molecule has 0 heterocycles. The SMILES string of the molecule is Cc1ccc([C@@H](C)NCc2ccccc2OCC#N)cc1. The number of hydrogen-bond donors (Lipinski definition) is 1. The van der Waals surface area contributed by atoms with Crippen LogP contribution in [0.3, 0.4) is 0 Å². The quantitative estimate of drug-likeness (QED) is 0.876. The predicted octanol–water partition coefficient (Wildman–Crippen LogP) is 3.75. The summed E-state index contributed by atoms with van der Waals surface area (Å²) in [4.78, 5) is 0. The molecule has 0 fully saturated rings. The van der Waals surface area contributed by atoms with Gasteiger partial charge in [-0.05, 0) is 25.5 Å². The number of nitrogens with one attached hydrogen (secondary N) is 1. The summed E-state index contributed by atoms with van der Waals surface area (Å²) in [5.74, 6) is 0.766. The number of rotatable bonds is 6. The minimum atomic E-state index is 0.0739. The van der Waals surface area contributed by atoms with Gasteiger partial charge in [-0.1, -0.05) is 48.0 Å². The average Bonchev–Trinajstić information content (AvgIpc) is 2.52. The first-order valence-corrected chi connectivity index (χ1v) is 7.08. The summed E-state index contributed by atoms with van der Waals surface area (Å²) in [5, 5.41) is 12.1. The molecule has 1 atom stereocenters. The first kappa shape index (κ1) is 15.1. The van der Waals surface area contributed by atoms with E-state index in [2.05, 4.69) is 43.4 Å². The number of aryl methyl sites for hydroxylation is 1. The van der Waals surface area contributed by atoms with Gasteiger partial charge in [0.15, 0.2) is 6.61 Å². The fourth-order valence-electron chi connectivity index (χ4n) is 2.14. The largest absolute Gasteiger partial charge is 0.478 e. The van der Waals surface area contributed by atoms with Crippen molar-refractivity contribution < 1.29 is 4.74 Å². The molecule has 0 aliphatic heterocycles. The lowest BCUT2D eigenvalue weighted by Crippen LogP contribution is -2.18. The third-order valence-corrected chi connectivity index (χ3v) is 3.44. The van der Waals surface area contributed by atoms with E-state index < -0.39 is 0 Å². The molecule has 0 spiro atoms. The monoisotopic (exact) mass is 280 g/mol. The Morgan fingerprint density at radius 1 is 1.14 bits per heavy atom. The zero-order chi connectivity index (χ0) is 15.1. The number of ether oxygens (including phenoxy) is 1. The molecule has 2 rings (SSSR count). The van der Waals surface area contributed by atoms with Gasteiger partial charge in [-0.25, -0.2) is 0 Å². The van der Waals surface area contributed by atoms with E-state index in [4.69, 9.17) is 10.00 Å². The van der Waals surface area contributed by atoms with E-state index in [-0.39, 0.29) is 12.6 Å². The molecular formula is C18H20N2O. The lowest BCUT2D eigenvalue weighted by molar-refractivity contribution is 0.361. The van der Waals surface area contributed by atoms with Crippen LogP contribution in [0.15, 0.2) is 48.5 Å². The van der Waals surface area contributed by atoms with E-state index in [0.717, 1.165) is 11.3 Å². The Morgan fingerprint density at radius 2 is 1.86 bits per heavy atom. The fourth-order valence-corrected chi connectivity index (χ4v) is 2.14. The lowest BCUT2D eigenvalue weighted by atomic mass is 10.1. The molecule has 3 heteroatoms. The summed E-state index contributed by atoms with van der Waals surface area (Å²) >= 11 is 0. The molecule has 0 aliphatic rings. The van der Waals surface area contributed by atoms with Crippen LogP contribution in [0.25, 0.3) is 0 Å². The van der Waals surface area contributed by atoms with Crippen molar-refractivity contribution in [2.45, 2.75) is 26.4 Å². The molecule has 2 aromatic rings. The molecule has 0 saturated carbocycles. The van der Waals surface area contributed by atoms with Crippen LogP contribution in [0.4, 0.5) is 0 Å². The summed E-state index contributed by atoms with van der Waals surface area (Å²) in [6, 6.07) is 18.6. The minimum absolute atomic E-state index is 0.0739. The topological polar surface area (TPSA) is 45.0 Å². The molecule has 0 aliphatic carbocycles. The van der Waals surface area contributed by atoms with Crippen molar-refractivity contribution in [1.82, 2.24) is 5.32 Å². The van der Waals surface area contributed by atoms with Crippen molar-refractivity contribution in [3.8, 4) is 11.8 Å². The second-order valence-electron chi connectivity index (χ2n) is 5.07. The molecule has 3 nitrogen and oxygen atoms in total. The maximum atomic E-state index is 8.62.